The Kier molecular flexibility index (Phi) is 15.6. The topological polar surface area (TPSA) is 89.5 Å². The van der Waals surface area contributed by atoms with E-state index in [0.717, 1.165) is 32.2 Å². The molecule has 0 amide bonds. The van der Waals surface area contributed by atoms with E-state index in [2.05, 4.69) is 26.5 Å². The van der Waals surface area contributed by atoms with E-state index in [1.807, 2.05) is 0 Å². The van der Waals surface area contributed by atoms with Gasteiger partial charge in [0.25, 0.3) is 0 Å². The minimum absolute atomic E-state index is 0.136. The second-order valence-corrected chi connectivity index (χ2v) is 10.1. The minimum Gasteiger partial charge on any atom is -0.748 e. The molecule has 1 unspecified atom stereocenters. The zero-order chi connectivity index (χ0) is 20.6. The first-order valence-corrected chi connectivity index (χ1v) is 12.4. The number of hydrogen-bond donors (Lipinski definition) is 2. The van der Waals surface area contributed by atoms with E-state index in [1.54, 1.807) is 0 Å². The SMILES string of the molecule is CCCCCCCCCCCC(CCC[N+](C)(C)CCCS(=O)(=O)[O-])NO. The average Bonchev–Trinajstić information content (AvgIpc) is 2.57. The van der Waals surface area contributed by atoms with Crippen LogP contribution in [-0.4, -0.2) is 61.6 Å². The first-order valence-electron chi connectivity index (χ1n) is 10.9. The van der Waals surface area contributed by atoms with Crippen molar-refractivity contribution in [2.45, 2.75) is 96.4 Å². The van der Waals surface area contributed by atoms with E-state index in [0.29, 0.717) is 17.4 Å². The molecule has 0 heterocycles. The molecule has 0 saturated carbocycles. The van der Waals surface area contributed by atoms with E-state index in [9.17, 15) is 18.2 Å². The molecular formula is C20H44N2O4S. The second kappa shape index (κ2) is 15.7. The van der Waals surface area contributed by atoms with Crippen molar-refractivity contribution in [3.05, 3.63) is 0 Å². The number of hydrogen-bond acceptors (Lipinski definition) is 5. The standard InChI is InChI=1S/C20H44N2O4S/c1-4-5-6-7-8-9-10-11-12-15-20(21-23)16-13-17-22(2,3)18-14-19-27(24,25)26/h20-21,23H,4-19H2,1-3H3. The number of unbranched alkanes of at least 4 members (excludes halogenated alkanes) is 8. The number of rotatable bonds is 19. The lowest BCUT2D eigenvalue weighted by atomic mass is 10.0. The van der Waals surface area contributed by atoms with E-state index in [4.69, 9.17) is 0 Å². The summed E-state index contributed by atoms with van der Waals surface area (Å²) in [5, 5.41) is 9.35. The number of quaternary nitrogens is 1. The van der Waals surface area contributed by atoms with E-state index < -0.39 is 10.1 Å². The van der Waals surface area contributed by atoms with Crippen LogP contribution in [0, 0.1) is 0 Å². The van der Waals surface area contributed by atoms with Crippen LogP contribution in [0.2, 0.25) is 0 Å². The maximum absolute atomic E-state index is 10.7. The molecular weight excluding hydrogens is 364 g/mol. The minimum atomic E-state index is -4.11. The number of nitrogens with one attached hydrogen (secondary N) is 1. The molecule has 0 aliphatic rings. The van der Waals surface area contributed by atoms with E-state index in [-0.39, 0.29) is 11.8 Å². The molecule has 0 aromatic carbocycles. The largest absolute Gasteiger partial charge is 0.748 e. The van der Waals surface area contributed by atoms with Crippen molar-refractivity contribution in [1.82, 2.24) is 5.48 Å². The summed E-state index contributed by atoms with van der Waals surface area (Å²) in [4.78, 5) is 0. The molecule has 0 radical (unpaired) electrons. The van der Waals surface area contributed by atoms with Crippen molar-refractivity contribution in [3.8, 4) is 0 Å². The van der Waals surface area contributed by atoms with Gasteiger partial charge in [0.1, 0.15) is 0 Å². The predicted octanol–water partition coefficient (Wildman–Crippen LogP) is 4.05. The van der Waals surface area contributed by atoms with Gasteiger partial charge in [-0.1, -0.05) is 64.7 Å². The van der Waals surface area contributed by atoms with Crippen LogP contribution in [0.3, 0.4) is 0 Å². The third kappa shape index (κ3) is 18.9. The molecule has 1 atom stereocenters. The molecule has 0 aliphatic heterocycles. The summed E-state index contributed by atoms with van der Waals surface area (Å²) in [5.74, 6) is -0.284. The summed E-state index contributed by atoms with van der Waals surface area (Å²) in [7, 11) is -0.00107. The Morgan fingerprint density at radius 3 is 1.85 bits per heavy atom. The van der Waals surface area contributed by atoms with Crippen LogP contribution in [-0.2, 0) is 10.1 Å². The summed E-state index contributed by atoms with van der Waals surface area (Å²) in [6, 6.07) is 0.136. The molecule has 0 spiro atoms. The van der Waals surface area contributed by atoms with Gasteiger partial charge < -0.3 is 14.2 Å². The Bertz CT molecular complexity index is 441. The lowest BCUT2D eigenvalue weighted by Crippen LogP contribution is -2.42. The Labute approximate surface area is 168 Å². The van der Waals surface area contributed by atoms with Gasteiger partial charge in [0, 0.05) is 18.2 Å². The average molecular weight is 409 g/mol. The van der Waals surface area contributed by atoms with Crippen LogP contribution >= 0.6 is 0 Å². The normalized spacial score (nSPS) is 13.8. The Balaban J connectivity index is 3.72. The third-order valence-electron chi connectivity index (χ3n) is 5.31. The maximum atomic E-state index is 10.7. The first kappa shape index (κ1) is 26.8. The molecule has 0 bridgehead atoms. The van der Waals surface area contributed by atoms with Crippen LogP contribution in [0.15, 0.2) is 0 Å². The van der Waals surface area contributed by atoms with Crippen LogP contribution in [0.25, 0.3) is 0 Å². The molecule has 27 heavy (non-hydrogen) atoms. The molecule has 164 valence electrons. The zero-order valence-electron chi connectivity index (χ0n) is 17.9. The van der Waals surface area contributed by atoms with Gasteiger partial charge in [0.2, 0.25) is 0 Å². The van der Waals surface area contributed by atoms with Gasteiger partial charge in [-0.2, -0.15) is 0 Å². The zero-order valence-corrected chi connectivity index (χ0v) is 18.7. The smallest absolute Gasteiger partial charge is 0.0948 e. The molecule has 0 rings (SSSR count). The van der Waals surface area contributed by atoms with Crippen LogP contribution in [0.1, 0.15) is 90.4 Å². The van der Waals surface area contributed by atoms with E-state index >= 15 is 0 Å². The van der Waals surface area contributed by atoms with Crippen LogP contribution < -0.4 is 5.48 Å². The van der Waals surface area contributed by atoms with Crippen molar-refractivity contribution in [1.29, 1.82) is 0 Å². The summed E-state index contributed by atoms with van der Waals surface area (Å²) >= 11 is 0. The summed E-state index contributed by atoms with van der Waals surface area (Å²) in [5.41, 5.74) is 2.45. The molecule has 2 N–H and O–H groups in total. The van der Waals surface area contributed by atoms with Gasteiger partial charge in [-0.25, -0.2) is 13.9 Å². The van der Waals surface area contributed by atoms with Gasteiger partial charge in [-0.05, 0) is 19.3 Å². The molecule has 0 fully saturated rings. The second-order valence-electron chi connectivity index (χ2n) is 8.58. The van der Waals surface area contributed by atoms with E-state index in [1.165, 1.54) is 51.4 Å². The van der Waals surface area contributed by atoms with Gasteiger partial charge >= 0.3 is 0 Å². The lowest BCUT2D eigenvalue weighted by Gasteiger charge is -2.30. The number of nitrogens with zero attached hydrogens (tertiary/aromatic N) is 1. The van der Waals surface area contributed by atoms with Crippen molar-refractivity contribution in [2.24, 2.45) is 0 Å². The molecule has 0 aliphatic carbocycles. The first-order chi connectivity index (χ1) is 12.7. The fourth-order valence-electron chi connectivity index (χ4n) is 3.52. The van der Waals surface area contributed by atoms with Crippen molar-refractivity contribution < 1.29 is 22.7 Å². The summed E-state index contributed by atoms with van der Waals surface area (Å²) < 4.78 is 32.8. The highest BCUT2D eigenvalue weighted by molar-refractivity contribution is 7.85. The van der Waals surface area contributed by atoms with Crippen molar-refractivity contribution in [3.63, 3.8) is 0 Å². The number of hydroxylamine groups is 1. The summed E-state index contributed by atoms with van der Waals surface area (Å²) in [6.45, 7) is 3.83. The van der Waals surface area contributed by atoms with Crippen molar-refractivity contribution in [2.75, 3.05) is 32.9 Å². The van der Waals surface area contributed by atoms with Crippen molar-refractivity contribution >= 4 is 10.1 Å². The highest BCUT2D eigenvalue weighted by atomic mass is 32.2. The monoisotopic (exact) mass is 408 g/mol. The van der Waals surface area contributed by atoms with Gasteiger partial charge in [0.05, 0.1) is 37.3 Å². The highest BCUT2D eigenvalue weighted by Crippen LogP contribution is 2.14. The molecule has 0 aromatic heterocycles. The van der Waals surface area contributed by atoms with Crippen LogP contribution in [0.4, 0.5) is 0 Å². The highest BCUT2D eigenvalue weighted by Gasteiger charge is 2.16. The molecule has 6 nitrogen and oxygen atoms in total. The summed E-state index contributed by atoms with van der Waals surface area (Å²) in [6.07, 6.45) is 15.0. The fourth-order valence-corrected chi connectivity index (χ4v) is 4.00. The Hall–Kier alpha value is -0.210. The third-order valence-corrected chi connectivity index (χ3v) is 6.10. The van der Waals surface area contributed by atoms with Gasteiger partial charge in [0.15, 0.2) is 0 Å². The maximum Gasteiger partial charge on any atom is 0.0948 e. The Morgan fingerprint density at radius 1 is 0.852 bits per heavy atom. The van der Waals surface area contributed by atoms with Gasteiger partial charge in [-0.3, -0.25) is 0 Å². The fraction of sp³-hybridized carbons (Fsp3) is 1.00. The Morgan fingerprint density at radius 2 is 1.33 bits per heavy atom. The predicted molar refractivity (Wildman–Crippen MR) is 111 cm³/mol. The quantitative estimate of drug-likeness (QED) is 0.146. The van der Waals surface area contributed by atoms with Gasteiger partial charge in [-0.15, -0.1) is 0 Å². The molecule has 0 aromatic rings. The molecule has 0 saturated heterocycles. The molecule has 7 heteroatoms. The lowest BCUT2D eigenvalue weighted by molar-refractivity contribution is -0.890. The van der Waals surface area contributed by atoms with Crippen LogP contribution in [0.5, 0.6) is 0 Å².